The van der Waals surface area contributed by atoms with E-state index in [0.717, 1.165) is 32.4 Å². The molecular weight excluding hydrogens is 344 g/mol. The van der Waals surface area contributed by atoms with Crippen LogP contribution in [0.4, 0.5) is 0 Å². The molecule has 3 nitrogen and oxygen atoms in total. The summed E-state index contributed by atoms with van der Waals surface area (Å²) in [6.45, 7) is 6.13. The molecule has 0 spiro atoms. The Morgan fingerprint density at radius 2 is 1.89 bits per heavy atom. The molecule has 1 aromatic heterocycles. The summed E-state index contributed by atoms with van der Waals surface area (Å²) < 4.78 is 0. The molecule has 0 radical (unpaired) electrons. The Bertz CT molecular complexity index is 966. The first-order valence-corrected chi connectivity index (χ1v) is 10.6. The van der Waals surface area contributed by atoms with E-state index >= 15 is 0 Å². The highest BCUT2D eigenvalue weighted by Gasteiger charge is 2.25. The van der Waals surface area contributed by atoms with Gasteiger partial charge in [-0.25, -0.2) is 0 Å². The van der Waals surface area contributed by atoms with Crippen LogP contribution in [0.25, 0.3) is 10.9 Å². The average molecular weight is 375 g/mol. The van der Waals surface area contributed by atoms with Gasteiger partial charge in [-0.2, -0.15) is 0 Å². The predicted octanol–water partition coefficient (Wildman–Crippen LogP) is 5.57. The molecule has 1 fully saturated rings. The number of benzene rings is 2. The maximum absolute atomic E-state index is 13.1. The van der Waals surface area contributed by atoms with Gasteiger partial charge in [-0.15, -0.1) is 0 Å². The monoisotopic (exact) mass is 374 g/mol. The van der Waals surface area contributed by atoms with Crippen LogP contribution in [0.3, 0.4) is 0 Å². The number of piperidine rings is 1. The Morgan fingerprint density at radius 1 is 1.11 bits per heavy atom. The SMILES string of the molecule is CCc1cccc2c([C@@H](CC(=O)N3CCCCC3)c3cccc(C)c3)c[nH]c12. The van der Waals surface area contributed by atoms with Crippen molar-refractivity contribution in [3.05, 3.63) is 70.9 Å². The molecule has 4 rings (SSSR count). The molecule has 1 aliphatic heterocycles. The molecule has 3 heteroatoms. The van der Waals surface area contributed by atoms with Crippen molar-refractivity contribution in [2.45, 2.75) is 51.9 Å². The number of hydrogen-bond donors (Lipinski definition) is 1. The van der Waals surface area contributed by atoms with Gasteiger partial charge in [0, 0.05) is 42.5 Å². The zero-order valence-electron chi connectivity index (χ0n) is 17.0. The van der Waals surface area contributed by atoms with Gasteiger partial charge in [-0.05, 0) is 49.3 Å². The van der Waals surface area contributed by atoms with E-state index in [1.165, 1.54) is 39.6 Å². The molecule has 1 amide bonds. The summed E-state index contributed by atoms with van der Waals surface area (Å²) in [6.07, 6.45) is 7.17. The van der Waals surface area contributed by atoms with Crippen LogP contribution in [0.5, 0.6) is 0 Å². The molecule has 1 N–H and O–H groups in total. The number of H-pyrrole nitrogens is 1. The average Bonchev–Trinajstić information content (AvgIpc) is 3.16. The fourth-order valence-corrected chi connectivity index (χ4v) is 4.56. The second-order valence-electron chi connectivity index (χ2n) is 8.05. The topological polar surface area (TPSA) is 36.1 Å². The maximum atomic E-state index is 13.1. The third kappa shape index (κ3) is 3.71. The third-order valence-electron chi connectivity index (χ3n) is 6.12. The molecular formula is C25H30N2O. The van der Waals surface area contributed by atoms with Gasteiger partial charge < -0.3 is 9.88 Å². The lowest BCUT2D eigenvalue weighted by Crippen LogP contribution is -2.36. The number of para-hydroxylation sites is 1. The lowest BCUT2D eigenvalue weighted by molar-refractivity contribution is -0.132. The molecule has 1 atom stereocenters. The fourth-order valence-electron chi connectivity index (χ4n) is 4.56. The minimum Gasteiger partial charge on any atom is -0.361 e. The van der Waals surface area contributed by atoms with Gasteiger partial charge in [-0.1, -0.05) is 55.0 Å². The first-order chi connectivity index (χ1) is 13.7. The highest BCUT2D eigenvalue weighted by molar-refractivity contribution is 5.88. The number of nitrogens with zero attached hydrogens (tertiary/aromatic N) is 1. The summed E-state index contributed by atoms with van der Waals surface area (Å²) in [5.74, 6) is 0.363. The molecule has 3 aromatic rings. The van der Waals surface area contributed by atoms with Crippen molar-refractivity contribution in [3.63, 3.8) is 0 Å². The Morgan fingerprint density at radius 3 is 2.64 bits per heavy atom. The molecule has 1 aliphatic rings. The van der Waals surface area contributed by atoms with E-state index in [2.05, 4.69) is 72.4 Å². The van der Waals surface area contributed by atoms with Crippen LogP contribution in [0.15, 0.2) is 48.7 Å². The molecule has 2 heterocycles. The lowest BCUT2D eigenvalue weighted by Gasteiger charge is -2.28. The summed E-state index contributed by atoms with van der Waals surface area (Å²) in [5.41, 5.74) is 6.24. The second kappa shape index (κ2) is 8.22. The lowest BCUT2D eigenvalue weighted by atomic mass is 9.86. The number of carbonyl (C=O) groups is 1. The van der Waals surface area contributed by atoms with Crippen LogP contribution in [-0.2, 0) is 11.2 Å². The number of hydrogen-bond acceptors (Lipinski definition) is 1. The van der Waals surface area contributed by atoms with Crippen LogP contribution in [0.2, 0.25) is 0 Å². The number of fused-ring (bicyclic) bond motifs is 1. The van der Waals surface area contributed by atoms with Crippen LogP contribution < -0.4 is 0 Å². The number of likely N-dealkylation sites (tertiary alicyclic amines) is 1. The molecule has 0 aliphatic carbocycles. The predicted molar refractivity (Wildman–Crippen MR) is 116 cm³/mol. The summed E-state index contributed by atoms with van der Waals surface area (Å²) in [5, 5.41) is 1.25. The van der Waals surface area contributed by atoms with Crippen molar-refractivity contribution in [1.29, 1.82) is 0 Å². The smallest absolute Gasteiger partial charge is 0.223 e. The standard InChI is InChI=1S/C25H30N2O/c1-3-19-10-8-12-21-23(17-26-25(19)21)22(20-11-7-9-18(2)15-20)16-24(28)27-13-5-4-6-14-27/h7-12,15,17,22,26H,3-6,13-14,16H2,1-2H3/t22-/m0/s1. The third-order valence-corrected chi connectivity index (χ3v) is 6.12. The Labute approximate surface area is 167 Å². The van der Waals surface area contributed by atoms with Crippen molar-refractivity contribution in [3.8, 4) is 0 Å². The van der Waals surface area contributed by atoms with Crippen molar-refractivity contribution in [2.24, 2.45) is 0 Å². The van der Waals surface area contributed by atoms with Gasteiger partial charge in [0.25, 0.3) is 0 Å². The summed E-state index contributed by atoms with van der Waals surface area (Å²) >= 11 is 0. The van der Waals surface area contributed by atoms with Crippen molar-refractivity contribution in [1.82, 2.24) is 9.88 Å². The molecule has 0 saturated carbocycles. The zero-order chi connectivity index (χ0) is 19.5. The highest BCUT2D eigenvalue weighted by Crippen LogP contribution is 2.35. The van der Waals surface area contributed by atoms with Gasteiger partial charge in [-0.3, -0.25) is 4.79 Å². The van der Waals surface area contributed by atoms with Gasteiger partial charge in [0.15, 0.2) is 0 Å². The van der Waals surface area contributed by atoms with Crippen LogP contribution in [0, 0.1) is 6.92 Å². The Hall–Kier alpha value is -2.55. The second-order valence-corrected chi connectivity index (χ2v) is 8.05. The fraction of sp³-hybridized carbons (Fsp3) is 0.400. The van der Waals surface area contributed by atoms with E-state index in [-0.39, 0.29) is 11.8 Å². The van der Waals surface area contributed by atoms with E-state index < -0.39 is 0 Å². The number of amides is 1. The minimum atomic E-state index is 0.0789. The molecule has 0 unspecified atom stereocenters. The number of aromatic nitrogens is 1. The molecule has 28 heavy (non-hydrogen) atoms. The van der Waals surface area contributed by atoms with Crippen LogP contribution >= 0.6 is 0 Å². The quantitative estimate of drug-likeness (QED) is 0.622. The summed E-state index contributed by atoms with van der Waals surface area (Å²) in [7, 11) is 0. The van der Waals surface area contributed by atoms with E-state index in [4.69, 9.17) is 0 Å². The Kier molecular flexibility index (Phi) is 5.52. The van der Waals surface area contributed by atoms with E-state index in [1.54, 1.807) is 0 Å². The van der Waals surface area contributed by atoms with E-state index in [9.17, 15) is 4.79 Å². The van der Waals surface area contributed by atoms with Gasteiger partial charge in [0.1, 0.15) is 0 Å². The molecule has 0 bridgehead atoms. The molecule has 146 valence electrons. The number of nitrogens with one attached hydrogen (secondary N) is 1. The minimum absolute atomic E-state index is 0.0789. The molecule has 2 aromatic carbocycles. The van der Waals surface area contributed by atoms with Crippen molar-refractivity contribution in [2.75, 3.05) is 13.1 Å². The van der Waals surface area contributed by atoms with Crippen LogP contribution in [0.1, 0.15) is 60.8 Å². The number of rotatable bonds is 5. The van der Waals surface area contributed by atoms with Crippen LogP contribution in [-0.4, -0.2) is 28.9 Å². The van der Waals surface area contributed by atoms with Gasteiger partial charge >= 0.3 is 0 Å². The first kappa shape index (κ1) is 18.8. The van der Waals surface area contributed by atoms with Gasteiger partial charge in [0.2, 0.25) is 5.91 Å². The summed E-state index contributed by atoms with van der Waals surface area (Å²) in [6, 6.07) is 15.1. The molecule has 1 saturated heterocycles. The van der Waals surface area contributed by atoms with Crippen molar-refractivity contribution < 1.29 is 4.79 Å². The number of aryl methyl sites for hydroxylation is 2. The van der Waals surface area contributed by atoms with Crippen molar-refractivity contribution >= 4 is 16.8 Å². The van der Waals surface area contributed by atoms with E-state index in [1.807, 2.05) is 0 Å². The maximum Gasteiger partial charge on any atom is 0.223 e. The normalized spacial score (nSPS) is 15.7. The summed E-state index contributed by atoms with van der Waals surface area (Å²) in [4.78, 5) is 18.7. The highest BCUT2D eigenvalue weighted by atomic mass is 16.2. The first-order valence-electron chi connectivity index (χ1n) is 10.6. The Balaban J connectivity index is 1.74. The number of carbonyl (C=O) groups excluding carboxylic acids is 1. The van der Waals surface area contributed by atoms with Gasteiger partial charge in [0.05, 0.1) is 0 Å². The number of aromatic amines is 1. The zero-order valence-corrected chi connectivity index (χ0v) is 17.0. The van der Waals surface area contributed by atoms with E-state index in [0.29, 0.717) is 6.42 Å². The largest absolute Gasteiger partial charge is 0.361 e.